The first kappa shape index (κ1) is 15.3. The molecule has 0 aliphatic carbocycles. The predicted octanol–water partition coefficient (Wildman–Crippen LogP) is -0.733. The fourth-order valence-corrected chi connectivity index (χ4v) is 0.529. The van der Waals surface area contributed by atoms with Crippen molar-refractivity contribution in [2.75, 3.05) is 53.9 Å². The van der Waals surface area contributed by atoms with Gasteiger partial charge in [0.2, 0.25) is 0 Å². The Morgan fingerprint density at radius 2 is 1.31 bits per heavy atom. The summed E-state index contributed by atoms with van der Waals surface area (Å²) in [5.74, 6) is 0. The van der Waals surface area contributed by atoms with Gasteiger partial charge in [0.25, 0.3) is 0 Å². The molecule has 5 nitrogen and oxygen atoms in total. The van der Waals surface area contributed by atoms with Crippen LogP contribution in [-0.2, 0) is 14.2 Å². The maximum atomic E-state index is 8.32. The third kappa shape index (κ3) is 18.6. The van der Waals surface area contributed by atoms with Crippen LogP contribution >= 0.6 is 0 Å². The summed E-state index contributed by atoms with van der Waals surface area (Å²) in [6, 6.07) is 0. The van der Waals surface area contributed by atoms with E-state index < -0.39 is 0 Å². The van der Waals surface area contributed by atoms with E-state index in [1.807, 2.05) is 0 Å². The van der Waals surface area contributed by atoms with E-state index in [2.05, 4.69) is 0 Å². The Balaban J connectivity index is 0. The molecule has 2 N–H and O–H groups in total. The molecular formula is C8H20O5. The lowest BCUT2D eigenvalue weighted by atomic mass is 10.7. The van der Waals surface area contributed by atoms with Crippen LogP contribution in [0.15, 0.2) is 0 Å². The van der Waals surface area contributed by atoms with Gasteiger partial charge in [0.1, 0.15) is 0 Å². The molecule has 82 valence electrons. The van der Waals surface area contributed by atoms with E-state index in [0.717, 1.165) is 7.11 Å². The Hall–Kier alpha value is -0.200. The first-order chi connectivity index (χ1) is 6.41. The number of aliphatic hydroxyl groups is 2. The average molecular weight is 196 g/mol. The van der Waals surface area contributed by atoms with Gasteiger partial charge >= 0.3 is 0 Å². The van der Waals surface area contributed by atoms with Crippen molar-refractivity contribution in [1.82, 2.24) is 0 Å². The number of ether oxygens (including phenoxy) is 3. The van der Waals surface area contributed by atoms with Crippen molar-refractivity contribution in [1.29, 1.82) is 0 Å². The van der Waals surface area contributed by atoms with Crippen LogP contribution in [0, 0.1) is 0 Å². The van der Waals surface area contributed by atoms with Crippen LogP contribution in [-0.4, -0.2) is 64.1 Å². The summed E-state index contributed by atoms with van der Waals surface area (Å²) in [6.07, 6.45) is 0. The van der Waals surface area contributed by atoms with Gasteiger partial charge in [-0.1, -0.05) is 0 Å². The van der Waals surface area contributed by atoms with E-state index in [9.17, 15) is 0 Å². The summed E-state index contributed by atoms with van der Waals surface area (Å²) >= 11 is 0. The number of hydrogen-bond donors (Lipinski definition) is 2. The van der Waals surface area contributed by atoms with Gasteiger partial charge in [-0.05, 0) is 0 Å². The highest BCUT2D eigenvalue weighted by Gasteiger charge is 1.87. The second-order valence-corrected chi connectivity index (χ2v) is 1.94. The number of aliphatic hydroxyl groups excluding tert-OH is 2. The van der Waals surface area contributed by atoms with Crippen LogP contribution in [0.2, 0.25) is 0 Å². The zero-order valence-corrected chi connectivity index (χ0v) is 8.36. The van der Waals surface area contributed by atoms with Crippen LogP contribution < -0.4 is 0 Å². The van der Waals surface area contributed by atoms with Gasteiger partial charge in [-0.3, -0.25) is 0 Å². The van der Waals surface area contributed by atoms with Crippen LogP contribution in [0.1, 0.15) is 0 Å². The van der Waals surface area contributed by atoms with Crippen molar-refractivity contribution in [3.05, 3.63) is 0 Å². The summed E-state index contributed by atoms with van der Waals surface area (Å²) in [5, 5.41) is 15.3. The first-order valence-corrected chi connectivity index (χ1v) is 4.12. The fraction of sp³-hybridized carbons (Fsp3) is 1.00. The topological polar surface area (TPSA) is 68.2 Å². The van der Waals surface area contributed by atoms with Crippen LogP contribution in [0.5, 0.6) is 0 Å². The summed E-state index contributed by atoms with van der Waals surface area (Å²) in [7, 11) is 2.63. The van der Waals surface area contributed by atoms with Gasteiger partial charge in [-0.15, -0.1) is 0 Å². The summed E-state index contributed by atoms with van der Waals surface area (Å²) in [4.78, 5) is 0. The van der Waals surface area contributed by atoms with E-state index in [1.165, 1.54) is 0 Å². The van der Waals surface area contributed by atoms with Gasteiger partial charge in [-0.2, -0.15) is 0 Å². The molecule has 0 heterocycles. The quantitative estimate of drug-likeness (QED) is 0.501. The Morgan fingerprint density at radius 1 is 0.846 bits per heavy atom. The van der Waals surface area contributed by atoms with Gasteiger partial charge < -0.3 is 24.4 Å². The Bertz CT molecular complexity index is 61.6. The molecular weight excluding hydrogens is 176 g/mol. The molecule has 0 bridgehead atoms. The van der Waals surface area contributed by atoms with Gasteiger partial charge in [-0.25, -0.2) is 0 Å². The van der Waals surface area contributed by atoms with Crippen molar-refractivity contribution in [3.8, 4) is 0 Å². The minimum atomic E-state index is 0.0675. The molecule has 0 aliphatic heterocycles. The van der Waals surface area contributed by atoms with Gasteiger partial charge in [0.05, 0.1) is 39.6 Å². The predicted molar refractivity (Wildman–Crippen MR) is 48.7 cm³/mol. The highest BCUT2D eigenvalue weighted by atomic mass is 16.5. The SMILES string of the molecule is CO.COCCOCCOCCO. The van der Waals surface area contributed by atoms with E-state index in [1.54, 1.807) is 7.11 Å². The lowest BCUT2D eigenvalue weighted by Crippen LogP contribution is -2.09. The van der Waals surface area contributed by atoms with Crippen molar-refractivity contribution >= 4 is 0 Å². The number of rotatable bonds is 8. The minimum Gasteiger partial charge on any atom is -0.400 e. The minimum absolute atomic E-state index is 0.0675. The Kier molecular flexibility index (Phi) is 20.9. The van der Waals surface area contributed by atoms with E-state index in [4.69, 9.17) is 24.4 Å². The second-order valence-electron chi connectivity index (χ2n) is 1.94. The molecule has 0 amide bonds. The molecule has 0 aliphatic rings. The number of methoxy groups -OCH3 is 1. The lowest BCUT2D eigenvalue weighted by Gasteiger charge is -2.03. The normalized spacial score (nSPS) is 9.23. The monoisotopic (exact) mass is 196 g/mol. The molecule has 0 spiro atoms. The number of hydrogen-bond acceptors (Lipinski definition) is 5. The van der Waals surface area contributed by atoms with E-state index >= 15 is 0 Å². The molecule has 0 unspecified atom stereocenters. The summed E-state index contributed by atoms with van der Waals surface area (Å²) in [6.45, 7) is 2.75. The molecule has 5 heteroatoms. The molecule has 0 rings (SSSR count). The zero-order chi connectivity index (χ0) is 10.4. The maximum Gasteiger partial charge on any atom is 0.0701 e. The molecule has 0 atom stereocenters. The van der Waals surface area contributed by atoms with Gasteiger partial charge in [0.15, 0.2) is 0 Å². The first-order valence-electron chi connectivity index (χ1n) is 4.12. The molecule has 0 radical (unpaired) electrons. The Labute approximate surface area is 79.2 Å². The van der Waals surface area contributed by atoms with Crippen molar-refractivity contribution in [2.24, 2.45) is 0 Å². The third-order valence-corrected chi connectivity index (χ3v) is 1.04. The molecule has 0 aromatic rings. The highest BCUT2D eigenvalue weighted by molar-refractivity contribution is 4.31. The van der Waals surface area contributed by atoms with E-state index in [0.29, 0.717) is 33.0 Å². The van der Waals surface area contributed by atoms with Crippen molar-refractivity contribution in [3.63, 3.8) is 0 Å². The molecule has 0 aromatic heterocycles. The fourth-order valence-electron chi connectivity index (χ4n) is 0.529. The molecule has 0 saturated carbocycles. The van der Waals surface area contributed by atoms with Crippen LogP contribution in [0.3, 0.4) is 0 Å². The van der Waals surface area contributed by atoms with E-state index in [-0.39, 0.29) is 6.61 Å². The summed E-state index contributed by atoms with van der Waals surface area (Å²) in [5.41, 5.74) is 0. The third-order valence-electron chi connectivity index (χ3n) is 1.04. The zero-order valence-electron chi connectivity index (χ0n) is 8.36. The highest BCUT2D eigenvalue weighted by Crippen LogP contribution is 1.78. The van der Waals surface area contributed by atoms with Gasteiger partial charge in [0, 0.05) is 14.2 Å². The summed E-state index contributed by atoms with van der Waals surface area (Å²) < 4.78 is 14.8. The second kappa shape index (κ2) is 17.8. The molecule has 0 aromatic carbocycles. The van der Waals surface area contributed by atoms with Crippen molar-refractivity contribution < 1.29 is 24.4 Å². The molecule has 0 saturated heterocycles. The van der Waals surface area contributed by atoms with Crippen LogP contribution in [0.25, 0.3) is 0 Å². The molecule has 13 heavy (non-hydrogen) atoms. The van der Waals surface area contributed by atoms with Crippen LogP contribution in [0.4, 0.5) is 0 Å². The van der Waals surface area contributed by atoms with Crippen molar-refractivity contribution in [2.45, 2.75) is 0 Å². The smallest absolute Gasteiger partial charge is 0.0701 e. The largest absolute Gasteiger partial charge is 0.400 e. The Morgan fingerprint density at radius 3 is 1.77 bits per heavy atom. The standard InChI is InChI=1S/C7H16O4.CH4O/c1-9-4-5-11-7-6-10-3-2-8;1-2/h8H,2-7H2,1H3;2H,1H3. The maximum absolute atomic E-state index is 8.32. The molecule has 0 fully saturated rings. The average Bonchev–Trinajstić information content (AvgIpc) is 2.20. The lowest BCUT2D eigenvalue weighted by molar-refractivity contribution is 0.0159.